The molecule has 0 aliphatic carbocycles. The molecule has 120 valence electrons. The van der Waals surface area contributed by atoms with E-state index in [4.69, 9.17) is 0 Å². The first-order valence-corrected chi connectivity index (χ1v) is 8.72. The number of phenols is 1. The van der Waals surface area contributed by atoms with Crippen molar-refractivity contribution in [3.8, 4) is 5.75 Å². The molecule has 1 unspecified atom stereocenters. The fourth-order valence-corrected chi connectivity index (χ4v) is 2.84. The van der Waals surface area contributed by atoms with E-state index in [0.29, 0.717) is 17.8 Å². The Labute approximate surface area is 131 Å². The number of unbranched alkanes of at least 4 members (excludes halogenated alkanes) is 4. The molecule has 1 rings (SSSR count). The molecule has 0 amide bonds. The summed E-state index contributed by atoms with van der Waals surface area (Å²) < 4.78 is 0. The number of hydrogen-bond donors (Lipinski definition) is 2. The highest BCUT2D eigenvalue weighted by Gasteiger charge is 2.13. The zero-order valence-corrected chi connectivity index (χ0v) is 14.1. The van der Waals surface area contributed by atoms with E-state index < -0.39 is 0 Å². The van der Waals surface area contributed by atoms with Gasteiger partial charge in [0.05, 0.1) is 0 Å². The number of nitrogens with one attached hydrogen (secondary N) is 1. The topological polar surface area (TPSA) is 32.3 Å². The summed E-state index contributed by atoms with van der Waals surface area (Å²) in [6.07, 6.45) is 10.4. The molecule has 2 N–H and O–H groups in total. The maximum Gasteiger partial charge on any atom is 0.115 e. The lowest BCUT2D eigenvalue weighted by Crippen LogP contribution is -2.31. The molecule has 1 aromatic carbocycles. The molecule has 0 spiro atoms. The average Bonchev–Trinajstić information content (AvgIpc) is 2.47. The molecule has 0 bridgehead atoms. The van der Waals surface area contributed by atoms with Crippen LogP contribution in [0.15, 0.2) is 24.3 Å². The quantitative estimate of drug-likeness (QED) is 0.522. The van der Waals surface area contributed by atoms with E-state index >= 15 is 0 Å². The molecule has 21 heavy (non-hydrogen) atoms. The van der Waals surface area contributed by atoms with E-state index in [1.807, 2.05) is 12.1 Å². The third-order valence-electron chi connectivity index (χ3n) is 4.17. The Morgan fingerprint density at radius 2 is 1.62 bits per heavy atom. The minimum atomic E-state index is 0.297. The molecule has 0 heterocycles. The van der Waals surface area contributed by atoms with Gasteiger partial charge in [0.1, 0.15) is 5.75 Å². The fraction of sp³-hybridized carbons (Fsp3) is 0.684. The zero-order valence-electron chi connectivity index (χ0n) is 14.1. The van der Waals surface area contributed by atoms with Crippen molar-refractivity contribution in [3.63, 3.8) is 0 Å². The molecule has 0 saturated heterocycles. The highest BCUT2D eigenvalue weighted by molar-refractivity contribution is 5.29. The lowest BCUT2D eigenvalue weighted by Gasteiger charge is -2.24. The monoisotopic (exact) mass is 291 g/mol. The molecule has 0 aliphatic rings. The third-order valence-corrected chi connectivity index (χ3v) is 4.17. The lowest BCUT2D eigenvalue weighted by atomic mass is 9.99. The molecular weight excluding hydrogens is 258 g/mol. The van der Waals surface area contributed by atoms with Gasteiger partial charge in [-0.1, -0.05) is 64.5 Å². The van der Waals surface area contributed by atoms with Crippen LogP contribution in [0, 0.1) is 0 Å². The molecular formula is C19H33NO. The van der Waals surface area contributed by atoms with E-state index in [1.54, 1.807) is 6.07 Å². The van der Waals surface area contributed by atoms with Gasteiger partial charge in [-0.2, -0.15) is 0 Å². The Kier molecular flexibility index (Phi) is 9.16. The molecule has 1 aromatic rings. The summed E-state index contributed by atoms with van der Waals surface area (Å²) in [6, 6.07) is 8.51. The normalized spacial score (nSPS) is 12.8. The van der Waals surface area contributed by atoms with E-state index in [2.05, 4.69) is 32.2 Å². The van der Waals surface area contributed by atoms with Gasteiger partial charge in [-0.05, 0) is 37.5 Å². The SMILES string of the molecule is CCCCCC(CCCCC)NC(C)c1cccc(O)c1. The van der Waals surface area contributed by atoms with Crippen molar-refractivity contribution in [1.29, 1.82) is 0 Å². The van der Waals surface area contributed by atoms with Crippen LogP contribution in [0.2, 0.25) is 0 Å². The van der Waals surface area contributed by atoms with Crippen LogP contribution in [0.3, 0.4) is 0 Å². The summed E-state index contributed by atoms with van der Waals surface area (Å²) in [5.41, 5.74) is 1.17. The highest BCUT2D eigenvalue weighted by Crippen LogP contribution is 2.20. The Morgan fingerprint density at radius 3 is 2.14 bits per heavy atom. The van der Waals surface area contributed by atoms with Crippen molar-refractivity contribution in [2.75, 3.05) is 0 Å². The van der Waals surface area contributed by atoms with Crippen molar-refractivity contribution >= 4 is 0 Å². The largest absolute Gasteiger partial charge is 0.508 e. The number of benzene rings is 1. The third kappa shape index (κ3) is 7.52. The molecule has 0 aliphatic heterocycles. The lowest BCUT2D eigenvalue weighted by molar-refractivity contribution is 0.383. The number of hydrogen-bond acceptors (Lipinski definition) is 2. The summed E-state index contributed by atoms with van der Waals surface area (Å²) in [5, 5.41) is 13.4. The van der Waals surface area contributed by atoms with E-state index in [0.717, 1.165) is 0 Å². The van der Waals surface area contributed by atoms with Crippen LogP contribution < -0.4 is 5.32 Å². The molecule has 2 heteroatoms. The summed E-state index contributed by atoms with van der Waals surface area (Å²) >= 11 is 0. The van der Waals surface area contributed by atoms with Crippen LogP contribution >= 0.6 is 0 Å². The summed E-state index contributed by atoms with van der Waals surface area (Å²) in [7, 11) is 0. The molecule has 1 atom stereocenters. The van der Waals surface area contributed by atoms with Gasteiger partial charge in [0.15, 0.2) is 0 Å². The summed E-state index contributed by atoms with van der Waals surface area (Å²) in [6.45, 7) is 6.71. The fourth-order valence-electron chi connectivity index (χ4n) is 2.84. The minimum absolute atomic E-state index is 0.297. The minimum Gasteiger partial charge on any atom is -0.508 e. The van der Waals surface area contributed by atoms with Gasteiger partial charge in [-0.15, -0.1) is 0 Å². The maximum absolute atomic E-state index is 9.61. The molecule has 0 fully saturated rings. The Hall–Kier alpha value is -1.02. The molecule has 0 saturated carbocycles. The smallest absolute Gasteiger partial charge is 0.115 e. The van der Waals surface area contributed by atoms with Gasteiger partial charge in [-0.3, -0.25) is 0 Å². The first-order valence-electron chi connectivity index (χ1n) is 8.72. The van der Waals surface area contributed by atoms with E-state index in [-0.39, 0.29) is 0 Å². The second kappa shape index (κ2) is 10.7. The number of rotatable bonds is 11. The van der Waals surface area contributed by atoms with Gasteiger partial charge in [-0.25, -0.2) is 0 Å². The van der Waals surface area contributed by atoms with Crippen LogP contribution in [-0.2, 0) is 0 Å². The zero-order chi connectivity index (χ0) is 15.5. The van der Waals surface area contributed by atoms with Crippen molar-refractivity contribution < 1.29 is 5.11 Å². The number of aromatic hydroxyl groups is 1. The average molecular weight is 291 g/mol. The van der Waals surface area contributed by atoms with Gasteiger partial charge in [0, 0.05) is 12.1 Å². The first kappa shape index (κ1) is 18.0. The molecule has 0 aromatic heterocycles. The predicted octanol–water partition coefficient (Wildman–Crippen LogP) is 5.57. The van der Waals surface area contributed by atoms with E-state index in [1.165, 1.54) is 56.9 Å². The van der Waals surface area contributed by atoms with E-state index in [9.17, 15) is 5.11 Å². The second-order valence-electron chi connectivity index (χ2n) is 6.17. The van der Waals surface area contributed by atoms with Crippen molar-refractivity contribution in [3.05, 3.63) is 29.8 Å². The second-order valence-corrected chi connectivity index (χ2v) is 6.17. The van der Waals surface area contributed by atoms with Gasteiger partial charge >= 0.3 is 0 Å². The molecule has 0 radical (unpaired) electrons. The van der Waals surface area contributed by atoms with Gasteiger partial charge in [0.25, 0.3) is 0 Å². The van der Waals surface area contributed by atoms with Crippen LogP contribution in [0.4, 0.5) is 0 Å². The van der Waals surface area contributed by atoms with Gasteiger partial charge < -0.3 is 10.4 Å². The van der Waals surface area contributed by atoms with Crippen LogP contribution in [-0.4, -0.2) is 11.1 Å². The predicted molar refractivity (Wildman–Crippen MR) is 91.7 cm³/mol. The standard InChI is InChI=1S/C19H33NO/c1-4-6-8-12-18(13-9-7-5-2)20-16(3)17-11-10-14-19(21)15-17/h10-11,14-16,18,20-21H,4-9,12-13H2,1-3H3. The summed E-state index contributed by atoms with van der Waals surface area (Å²) in [4.78, 5) is 0. The van der Waals surface area contributed by atoms with Crippen LogP contribution in [0.5, 0.6) is 5.75 Å². The Balaban J connectivity index is 2.52. The highest BCUT2D eigenvalue weighted by atomic mass is 16.3. The summed E-state index contributed by atoms with van der Waals surface area (Å²) in [5.74, 6) is 0.356. The Bertz CT molecular complexity index is 368. The van der Waals surface area contributed by atoms with Crippen molar-refractivity contribution in [1.82, 2.24) is 5.32 Å². The van der Waals surface area contributed by atoms with Gasteiger partial charge in [0.2, 0.25) is 0 Å². The van der Waals surface area contributed by atoms with Crippen molar-refractivity contribution in [2.24, 2.45) is 0 Å². The van der Waals surface area contributed by atoms with Crippen molar-refractivity contribution in [2.45, 2.75) is 84.2 Å². The van der Waals surface area contributed by atoms with Crippen LogP contribution in [0.25, 0.3) is 0 Å². The first-order chi connectivity index (χ1) is 10.2. The maximum atomic E-state index is 9.61. The number of phenolic OH excluding ortho intramolecular Hbond substituents is 1. The molecule has 2 nitrogen and oxygen atoms in total. The Morgan fingerprint density at radius 1 is 1.00 bits per heavy atom. The van der Waals surface area contributed by atoms with Crippen LogP contribution in [0.1, 0.15) is 83.7 Å².